The Kier molecular flexibility index (Phi) is 2.77. The quantitative estimate of drug-likeness (QED) is 0.375. The number of likely N-dealkylation sites (tertiary alicyclic amines) is 1. The summed E-state index contributed by atoms with van der Waals surface area (Å²) in [6, 6.07) is 0. The van der Waals surface area contributed by atoms with E-state index in [0.717, 1.165) is 4.90 Å². The number of ether oxygens (including phenoxy) is 1. The van der Waals surface area contributed by atoms with E-state index in [1.54, 1.807) is 6.08 Å². The van der Waals surface area contributed by atoms with Gasteiger partial charge in [0.05, 0.1) is 11.8 Å². The van der Waals surface area contributed by atoms with Crippen molar-refractivity contribution in [1.29, 1.82) is 0 Å². The van der Waals surface area contributed by atoms with Crippen LogP contribution >= 0.6 is 0 Å². The molecule has 1 saturated heterocycles. The Hall–Kier alpha value is -1.65. The van der Waals surface area contributed by atoms with E-state index in [2.05, 4.69) is 0 Å². The van der Waals surface area contributed by atoms with Crippen molar-refractivity contribution >= 4 is 17.8 Å². The molecule has 92 valence electrons. The number of nitrogens with zero attached hydrogens (tertiary/aromatic N) is 1. The van der Waals surface area contributed by atoms with E-state index in [0.29, 0.717) is 0 Å². The number of esters is 1. The highest BCUT2D eigenvalue weighted by Crippen LogP contribution is 2.37. The third-order valence-electron chi connectivity index (χ3n) is 3.41. The number of hydrogen-bond acceptors (Lipinski definition) is 4. The molecule has 0 bridgehead atoms. The molecule has 2 rings (SSSR count). The molecule has 0 N–H and O–H groups in total. The fourth-order valence-electron chi connectivity index (χ4n) is 2.51. The first-order valence-electron chi connectivity index (χ1n) is 5.60. The van der Waals surface area contributed by atoms with Crippen LogP contribution in [0.4, 0.5) is 0 Å². The van der Waals surface area contributed by atoms with Gasteiger partial charge >= 0.3 is 5.97 Å². The van der Waals surface area contributed by atoms with Gasteiger partial charge in [0.25, 0.3) is 0 Å². The van der Waals surface area contributed by atoms with Crippen molar-refractivity contribution in [3.63, 3.8) is 0 Å². The normalized spacial score (nSPS) is 36.1. The van der Waals surface area contributed by atoms with Crippen molar-refractivity contribution < 1.29 is 19.1 Å². The van der Waals surface area contributed by atoms with Gasteiger partial charge in [-0.25, -0.2) is 0 Å². The predicted molar refractivity (Wildman–Crippen MR) is 58.6 cm³/mol. The lowest BCUT2D eigenvalue weighted by Crippen LogP contribution is -2.40. The van der Waals surface area contributed by atoms with Gasteiger partial charge in [-0.1, -0.05) is 19.1 Å². The van der Waals surface area contributed by atoms with Gasteiger partial charge in [-0.2, -0.15) is 0 Å². The average molecular weight is 237 g/mol. The van der Waals surface area contributed by atoms with E-state index in [-0.39, 0.29) is 17.7 Å². The summed E-state index contributed by atoms with van der Waals surface area (Å²) in [6.45, 7) is 3.18. The number of imide groups is 1. The van der Waals surface area contributed by atoms with Gasteiger partial charge in [-0.05, 0) is 0 Å². The van der Waals surface area contributed by atoms with Gasteiger partial charge in [0.2, 0.25) is 11.8 Å². The maximum atomic E-state index is 12.0. The molecule has 1 aliphatic carbocycles. The van der Waals surface area contributed by atoms with Gasteiger partial charge in [-0.3, -0.25) is 19.3 Å². The summed E-state index contributed by atoms with van der Waals surface area (Å²) < 4.78 is 5.19. The molecule has 1 unspecified atom stereocenters. The Morgan fingerprint density at radius 2 is 1.94 bits per heavy atom. The topological polar surface area (TPSA) is 63.7 Å². The molecular formula is C12H15NO4. The fourth-order valence-corrected chi connectivity index (χ4v) is 2.51. The Labute approximate surface area is 99.4 Å². The molecular weight excluding hydrogens is 222 g/mol. The Morgan fingerprint density at radius 1 is 1.29 bits per heavy atom. The highest BCUT2D eigenvalue weighted by molar-refractivity contribution is 6.06. The third-order valence-corrected chi connectivity index (χ3v) is 3.41. The fraction of sp³-hybridized carbons (Fsp3) is 0.583. The molecule has 0 spiro atoms. The summed E-state index contributed by atoms with van der Waals surface area (Å²) in [7, 11) is 1.46. The first kappa shape index (κ1) is 11.8. The van der Waals surface area contributed by atoms with E-state index < -0.39 is 23.9 Å². The first-order chi connectivity index (χ1) is 7.93. The predicted octanol–water partition coefficient (Wildman–Crippen LogP) is 0.355. The second kappa shape index (κ2) is 3.98. The molecule has 4 atom stereocenters. The lowest BCUT2D eigenvalue weighted by molar-refractivity contribution is -0.155. The minimum absolute atomic E-state index is 0.0524. The van der Waals surface area contributed by atoms with E-state index in [1.165, 1.54) is 14.0 Å². The number of fused-ring (bicyclic) bond motifs is 1. The molecule has 1 heterocycles. The SMILES string of the molecule is CC(=O)OC1[C@H]2C(=O)N(C)C(=O)[C@H]2C=C[C@@H]1C. The zero-order valence-corrected chi connectivity index (χ0v) is 10.0. The maximum Gasteiger partial charge on any atom is 0.302 e. The summed E-state index contributed by atoms with van der Waals surface area (Å²) in [5.74, 6) is -2.00. The van der Waals surface area contributed by atoms with Crippen molar-refractivity contribution in [2.45, 2.75) is 20.0 Å². The van der Waals surface area contributed by atoms with Crippen LogP contribution in [0.1, 0.15) is 13.8 Å². The van der Waals surface area contributed by atoms with Crippen molar-refractivity contribution in [1.82, 2.24) is 4.90 Å². The van der Waals surface area contributed by atoms with E-state index in [4.69, 9.17) is 4.74 Å². The molecule has 5 heteroatoms. The van der Waals surface area contributed by atoms with Crippen LogP contribution in [0.3, 0.4) is 0 Å². The van der Waals surface area contributed by atoms with Crippen LogP contribution < -0.4 is 0 Å². The van der Waals surface area contributed by atoms with E-state index in [9.17, 15) is 14.4 Å². The summed E-state index contributed by atoms with van der Waals surface area (Å²) in [4.78, 5) is 35.9. The Bertz CT molecular complexity index is 415. The number of amides is 2. The van der Waals surface area contributed by atoms with Crippen LogP contribution in [-0.2, 0) is 19.1 Å². The first-order valence-corrected chi connectivity index (χ1v) is 5.60. The Balaban J connectivity index is 2.34. The number of rotatable bonds is 1. The van der Waals surface area contributed by atoms with Crippen molar-refractivity contribution in [3.8, 4) is 0 Å². The van der Waals surface area contributed by atoms with Crippen LogP contribution in [0.15, 0.2) is 12.2 Å². The summed E-state index contributed by atoms with van der Waals surface area (Å²) in [6.07, 6.45) is 3.04. The molecule has 0 aromatic heterocycles. The number of hydrogen-bond donors (Lipinski definition) is 0. The van der Waals surface area contributed by atoms with Crippen LogP contribution in [0.25, 0.3) is 0 Å². The average Bonchev–Trinajstić information content (AvgIpc) is 2.47. The Morgan fingerprint density at radius 3 is 2.53 bits per heavy atom. The van der Waals surface area contributed by atoms with Crippen LogP contribution in [0, 0.1) is 17.8 Å². The summed E-state index contributed by atoms with van der Waals surface area (Å²) >= 11 is 0. The highest BCUT2D eigenvalue weighted by Gasteiger charge is 2.52. The molecule has 0 aromatic rings. The zero-order chi connectivity index (χ0) is 12.7. The second-order valence-corrected chi connectivity index (χ2v) is 4.61. The summed E-state index contributed by atoms with van der Waals surface area (Å²) in [5.41, 5.74) is 0. The third kappa shape index (κ3) is 1.75. The van der Waals surface area contributed by atoms with Gasteiger partial charge < -0.3 is 4.74 Å². The van der Waals surface area contributed by atoms with Gasteiger partial charge in [0, 0.05) is 19.9 Å². The summed E-state index contributed by atoms with van der Waals surface area (Å²) in [5, 5.41) is 0. The maximum absolute atomic E-state index is 12.0. The molecule has 17 heavy (non-hydrogen) atoms. The van der Waals surface area contributed by atoms with Crippen molar-refractivity contribution in [2.75, 3.05) is 7.05 Å². The standard InChI is InChI=1S/C12H15NO4/c1-6-4-5-8-9(10(6)17-7(2)14)12(16)13(3)11(8)15/h4-6,8-10H,1-3H3/t6-,8-,9-,10?/m0/s1. The van der Waals surface area contributed by atoms with Crippen LogP contribution in [-0.4, -0.2) is 35.8 Å². The number of carbonyl (C=O) groups is 3. The lowest BCUT2D eigenvalue weighted by Gasteiger charge is -2.30. The zero-order valence-electron chi connectivity index (χ0n) is 10.0. The smallest absolute Gasteiger partial charge is 0.302 e. The second-order valence-electron chi connectivity index (χ2n) is 4.61. The van der Waals surface area contributed by atoms with Crippen molar-refractivity contribution in [2.24, 2.45) is 17.8 Å². The van der Waals surface area contributed by atoms with Gasteiger partial charge in [0.1, 0.15) is 6.10 Å². The lowest BCUT2D eigenvalue weighted by atomic mass is 9.78. The molecule has 0 saturated carbocycles. The largest absolute Gasteiger partial charge is 0.461 e. The highest BCUT2D eigenvalue weighted by atomic mass is 16.5. The van der Waals surface area contributed by atoms with Crippen LogP contribution in [0.2, 0.25) is 0 Å². The van der Waals surface area contributed by atoms with Crippen LogP contribution in [0.5, 0.6) is 0 Å². The van der Waals surface area contributed by atoms with E-state index in [1.807, 2.05) is 13.0 Å². The van der Waals surface area contributed by atoms with Gasteiger partial charge in [-0.15, -0.1) is 0 Å². The molecule has 1 aliphatic heterocycles. The molecule has 2 amide bonds. The van der Waals surface area contributed by atoms with Crippen molar-refractivity contribution in [3.05, 3.63) is 12.2 Å². The molecule has 1 fully saturated rings. The minimum Gasteiger partial charge on any atom is -0.461 e. The molecule has 2 aliphatic rings. The number of carbonyl (C=O) groups excluding carboxylic acids is 3. The molecule has 0 aromatic carbocycles. The molecule has 0 radical (unpaired) electrons. The van der Waals surface area contributed by atoms with E-state index >= 15 is 0 Å². The monoisotopic (exact) mass is 237 g/mol. The van der Waals surface area contributed by atoms with Gasteiger partial charge in [0.15, 0.2) is 0 Å². The molecule has 5 nitrogen and oxygen atoms in total. The minimum atomic E-state index is -0.559.